The van der Waals surface area contributed by atoms with Crippen molar-refractivity contribution in [2.45, 2.75) is 6.42 Å². The second-order valence-electron chi connectivity index (χ2n) is 3.60. The topological polar surface area (TPSA) is 34.9 Å². The van der Waals surface area contributed by atoms with Gasteiger partial charge in [-0.1, -0.05) is 12.1 Å². The lowest BCUT2D eigenvalue weighted by molar-refractivity contribution is 0.0989. The lowest BCUT2D eigenvalue weighted by atomic mass is 10.1. The number of hydrogen-bond acceptors (Lipinski definition) is 2. The van der Waals surface area contributed by atoms with Crippen LogP contribution in [0.5, 0.6) is 0 Å². The van der Waals surface area contributed by atoms with Crippen molar-refractivity contribution in [2.75, 3.05) is 0 Å². The van der Waals surface area contributed by atoms with Crippen molar-refractivity contribution in [2.24, 2.45) is 7.05 Å². The van der Waals surface area contributed by atoms with Gasteiger partial charge in [0, 0.05) is 19.7 Å². The van der Waals surface area contributed by atoms with E-state index in [1.54, 1.807) is 36.3 Å². The molecule has 0 aliphatic carbocycles. The highest BCUT2D eigenvalue weighted by Gasteiger charge is 2.12. The first-order chi connectivity index (χ1) is 7.66. The summed E-state index contributed by atoms with van der Waals surface area (Å²) in [6.45, 7) is 0. The zero-order valence-corrected chi connectivity index (χ0v) is 8.85. The molecule has 82 valence electrons. The summed E-state index contributed by atoms with van der Waals surface area (Å²) in [6, 6.07) is 6.00. The van der Waals surface area contributed by atoms with Gasteiger partial charge in [-0.3, -0.25) is 9.48 Å². The minimum atomic E-state index is -0.476. The van der Waals surface area contributed by atoms with Gasteiger partial charge >= 0.3 is 0 Å². The molecule has 0 saturated heterocycles. The van der Waals surface area contributed by atoms with Crippen molar-refractivity contribution in [3.63, 3.8) is 0 Å². The van der Waals surface area contributed by atoms with E-state index in [9.17, 15) is 9.18 Å². The van der Waals surface area contributed by atoms with Crippen molar-refractivity contribution < 1.29 is 9.18 Å². The smallest absolute Gasteiger partial charge is 0.170 e. The standard InChI is InChI=1S/C12H11FN2O/c1-15-8-9(7-14-15)6-12(16)10-4-2-3-5-11(10)13/h2-5,7-8H,6H2,1H3. The van der Waals surface area contributed by atoms with E-state index in [0.29, 0.717) is 0 Å². The van der Waals surface area contributed by atoms with E-state index in [0.717, 1.165) is 5.56 Å². The van der Waals surface area contributed by atoms with Gasteiger partial charge < -0.3 is 0 Å². The summed E-state index contributed by atoms with van der Waals surface area (Å²) >= 11 is 0. The van der Waals surface area contributed by atoms with Gasteiger partial charge in [0.2, 0.25) is 0 Å². The Morgan fingerprint density at radius 1 is 1.44 bits per heavy atom. The third-order valence-electron chi connectivity index (χ3n) is 2.30. The Hall–Kier alpha value is -1.97. The highest BCUT2D eigenvalue weighted by Crippen LogP contribution is 2.10. The van der Waals surface area contributed by atoms with Crippen LogP contribution in [0.1, 0.15) is 15.9 Å². The maximum absolute atomic E-state index is 13.3. The average molecular weight is 218 g/mol. The molecule has 1 heterocycles. The number of hydrogen-bond donors (Lipinski definition) is 0. The van der Waals surface area contributed by atoms with Gasteiger partial charge in [-0.05, 0) is 17.7 Å². The van der Waals surface area contributed by atoms with Crippen LogP contribution in [0.2, 0.25) is 0 Å². The molecule has 0 amide bonds. The number of benzene rings is 1. The minimum absolute atomic E-state index is 0.131. The summed E-state index contributed by atoms with van der Waals surface area (Å²) in [7, 11) is 1.77. The first-order valence-electron chi connectivity index (χ1n) is 4.92. The number of carbonyl (C=O) groups excluding carboxylic acids is 1. The summed E-state index contributed by atoms with van der Waals surface area (Å²) in [6.07, 6.45) is 3.53. The van der Waals surface area contributed by atoms with Crippen molar-refractivity contribution >= 4 is 5.78 Å². The third kappa shape index (κ3) is 2.16. The molecule has 16 heavy (non-hydrogen) atoms. The normalized spacial score (nSPS) is 10.4. The third-order valence-corrected chi connectivity index (χ3v) is 2.30. The van der Waals surface area contributed by atoms with Gasteiger partial charge in [-0.15, -0.1) is 0 Å². The Balaban J connectivity index is 2.18. The molecule has 0 atom stereocenters. The number of aryl methyl sites for hydroxylation is 1. The van der Waals surface area contributed by atoms with Gasteiger partial charge in [0.05, 0.1) is 11.8 Å². The molecular formula is C12H11FN2O. The van der Waals surface area contributed by atoms with Crippen LogP contribution in [0.25, 0.3) is 0 Å². The largest absolute Gasteiger partial charge is 0.294 e. The fraction of sp³-hybridized carbons (Fsp3) is 0.167. The summed E-state index contributed by atoms with van der Waals surface area (Å²) in [5.41, 5.74) is 0.919. The first kappa shape index (κ1) is 10.5. The molecule has 0 fully saturated rings. The quantitative estimate of drug-likeness (QED) is 0.738. The number of Topliss-reactive ketones (excluding diaryl/α,β-unsaturated/α-hetero) is 1. The van der Waals surface area contributed by atoms with E-state index in [1.165, 1.54) is 12.1 Å². The SMILES string of the molecule is Cn1cc(CC(=O)c2ccccc2F)cn1. The van der Waals surface area contributed by atoms with Crippen molar-refractivity contribution in [1.29, 1.82) is 0 Å². The summed E-state index contributed by atoms with van der Waals surface area (Å²) < 4.78 is 14.9. The molecule has 0 saturated carbocycles. The molecule has 1 aromatic heterocycles. The van der Waals surface area contributed by atoms with E-state index >= 15 is 0 Å². The minimum Gasteiger partial charge on any atom is -0.294 e. The molecule has 0 N–H and O–H groups in total. The summed E-state index contributed by atoms with van der Waals surface area (Å²) in [5.74, 6) is -0.706. The fourth-order valence-electron chi connectivity index (χ4n) is 1.53. The van der Waals surface area contributed by atoms with E-state index in [2.05, 4.69) is 5.10 Å². The van der Waals surface area contributed by atoms with E-state index < -0.39 is 5.82 Å². The maximum atomic E-state index is 13.3. The Kier molecular flexibility index (Phi) is 2.81. The number of aromatic nitrogens is 2. The molecule has 2 aromatic rings. The predicted molar refractivity (Wildman–Crippen MR) is 57.6 cm³/mol. The maximum Gasteiger partial charge on any atom is 0.170 e. The number of carbonyl (C=O) groups is 1. The second kappa shape index (κ2) is 4.26. The molecule has 0 aliphatic rings. The Bertz CT molecular complexity index is 519. The van der Waals surface area contributed by atoms with Crippen molar-refractivity contribution in [1.82, 2.24) is 9.78 Å². The second-order valence-corrected chi connectivity index (χ2v) is 3.60. The van der Waals surface area contributed by atoms with Gasteiger partial charge in [-0.25, -0.2) is 4.39 Å². The zero-order valence-electron chi connectivity index (χ0n) is 8.85. The van der Waals surface area contributed by atoms with Crippen LogP contribution in [0, 0.1) is 5.82 Å². The number of rotatable bonds is 3. The van der Waals surface area contributed by atoms with Crippen LogP contribution in [-0.4, -0.2) is 15.6 Å². The van der Waals surface area contributed by atoms with Crippen molar-refractivity contribution in [3.8, 4) is 0 Å². The van der Waals surface area contributed by atoms with Crippen molar-refractivity contribution in [3.05, 3.63) is 53.6 Å². The first-order valence-corrected chi connectivity index (χ1v) is 4.92. The van der Waals surface area contributed by atoms with E-state index in [-0.39, 0.29) is 17.8 Å². The molecule has 0 radical (unpaired) electrons. The van der Waals surface area contributed by atoms with Crippen LogP contribution >= 0.6 is 0 Å². The number of halogens is 1. The molecule has 0 unspecified atom stereocenters. The van der Waals surface area contributed by atoms with Gasteiger partial charge in [-0.2, -0.15) is 5.10 Å². The lowest BCUT2D eigenvalue weighted by Gasteiger charge is -2.00. The molecule has 2 rings (SSSR count). The average Bonchev–Trinajstić information content (AvgIpc) is 2.64. The van der Waals surface area contributed by atoms with Gasteiger partial charge in [0.15, 0.2) is 5.78 Å². The molecule has 0 aliphatic heterocycles. The lowest BCUT2D eigenvalue weighted by Crippen LogP contribution is -2.05. The van der Waals surface area contributed by atoms with Crippen LogP contribution in [0.3, 0.4) is 0 Å². The van der Waals surface area contributed by atoms with Gasteiger partial charge in [0.25, 0.3) is 0 Å². The molecule has 4 heteroatoms. The predicted octanol–water partition coefficient (Wildman–Crippen LogP) is 1.98. The van der Waals surface area contributed by atoms with Crippen LogP contribution < -0.4 is 0 Å². The highest BCUT2D eigenvalue weighted by atomic mass is 19.1. The monoisotopic (exact) mass is 218 g/mol. The summed E-state index contributed by atoms with van der Waals surface area (Å²) in [5, 5.41) is 3.96. The highest BCUT2D eigenvalue weighted by molar-refractivity contribution is 5.97. The van der Waals surface area contributed by atoms with Crippen LogP contribution in [-0.2, 0) is 13.5 Å². The summed E-state index contributed by atoms with van der Waals surface area (Å²) in [4.78, 5) is 11.8. The fourth-order valence-corrected chi connectivity index (χ4v) is 1.53. The van der Waals surface area contributed by atoms with E-state index in [1.807, 2.05) is 0 Å². The Morgan fingerprint density at radius 3 is 2.81 bits per heavy atom. The Morgan fingerprint density at radius 2 is 2.19 bits per heavy atom. The van der Waals surface area contributed by atoms with Gasteiger partial charge in [0.1, 0.15) is 5.82 Å². The molecule has 1 aromatic carbocycles. The molecule has 0 spiro atoms. The molecule has 3 nitrogen and oxygen atoms in total. The van der Waals surface area contributed by atoms with Crippen LogP contribution in [0.15, 0.2) is 36.7 Å². The molecular weight excluding hydrogens is 207 g/mol. The van der Waals surface area contributed by atoms with E-state index in [4.69, 9.17) is 0 Å². The van der Waals surface area contributed by atoms with Crippen LogP contribution in [0.4, 0.5) is 4.39 Å². The zero-order chi connectivity index (χ0) is 11.5. The number of nitrogens with zero attached hydrogens (tertiary/aromatic N) is 2. The Labute approximate surface area is 92.5 Å². The molecule has 0 bridgehead atoms. The number of ketones is 1.